The summed E-state index contributed by atoms with van der Waals surface area (Å²) in [5.74, 6) is 0. The second-order valence-corrected chi connectivity index (χ2v) is 2.13. The SMILES string of the molecule is C=C(C=O)Nc1ccccc1. The normalized spacial score (nSPS) is 8.73. The fraction of sp³-hybridized carbons (Fsp3) is 0. The molecule has 0 amide bonds. The number of benzene rings is 1. The van der Waals surface area contributed by atoms with Crippen LogP contribution < -0.4 is 5.32 Å². The van der Waals surface area contributed by atoms with Crippen LogP contribution in [0, 0.1) is 0 Å². The highest BCUT2D eigenvalue weighted by Crippen LogP contribution is 2.06. The number of hydrogen-bond acceptors (Lipinski definition) is 2. The zero-order chi connectivity index (χ0) is 8.10. The van der Waals surface area contributed by atoms with Crippen LogP contribution in [0.2, 0.25) is 0 Å². The Morgan fingerprint density at radius 3 is 2.55 bits per heavy atom. The number of rotatable bonds is 3. The minimum Gasteiger partial charge on any atom is -0.353 e. The molecule has 0 aromatic heterocycles. The van der Waals surface area contributed by atoms with Crippen molar-refractivity contribution in [3.05, 3.63) is 42.6 Å². The van der Waals surface area contributed by atoms with Crippen molar-refractivity contribution >= 4 is 12.0 Å². The van der Waals surface area contributed by atoms with Crippen LogP contribution in [0.1, 0.15) is 0 Å². The van der Waals surface area contributed by atoms with E-state index in [0.717, 1.165) is 5.69 Å². The highest BCUT2D eigenvalue weighted by molar-refractivity contribution is 5.77. The van der Waals surface area contributed by atoms with Crippen molar-refractivity contribution in [3.63, 3.8) is 0 Å². The summed E-state index contributed by atoms with van der Waals surface area (Å²) >= 11 is 0. The molecule has 0 bridgehead atoms. The molecule has 2 heteroatoms. The molecule has 1 aromatic rings. The van der Waals surface area contributed by atoms with E-state index in [1.54, 1.807) is 0 Å². The zero-order valence-corrected chi connectivity index (χ0v) is 6.08. The first-order valence-corrected chi connectivity index (χ1v) is 3.29. The molecule has 0 aliphatic rings. The molecule has 0 fully saturated rings. The molecule has 0 saturated heterocycles. The number of para-hydroxylation sites is 1. The zero-order valence-electron chi connectivity index (χ0n) is 6.08. The van der Waals surface area contributed by atoms with Gasteiger partial charge in [0.15, 0.2) is 6.29 Å². The maximum absolute atomic E-state index is 10.1. The summed E-state index contributed by atoms with van der Waals surface area (Å²) in [6, 6.07) is 9.43. The van der Waals surface area contributed by atoms with Crippen LogP contribution in [0.3, 0.4) is 0 Å². The summed E-state index contributed by atoms with van der Waals surface area (Å²) in [6.07, 6.45) is 0.688. The first-order chi connectivity index (χ1) is 5.33. The third-order valence-electron chi connectivity index (χ3n) is 1.22. The highest BCUT2D eigenvalue weighted by Gasteiger charge is 1.89. The predicted octanol–water partition coefficient (Wildman–Crippen LogP) is 1.81. The minimum atomic E-state index is 0.371. The largest absolute Gasteiger partial charge is 0.353 e. The smallest absolute Gasteiger partial charge is 0.165 e. The Kier molecular flexibility index (Phi) is 2.44. The van der Waals surface area contributed by atoms with E-state index in [9.17, 15) is 4.79 Å². The van der Waals surface area contributed by atoms with E-state index < -0.39 is 0 Å². The molecule has 0 aliphatic heterocycles. The van der Waals surface area contributed by atoms with E-state index in [4.69, 9.17) is 0 Å². The van der Waals surface area contributed by atoms with E-state index in [2.05, 4.69) is 11.9 Å². The molecule has 1 N–H and O–H groups in total. The summed E-state index contributed by atoms with van der Waals surface area (Å²) < 4.78 is 0. The van der Waals surface area contributed by atoms with E-state index in [-0.39, 0.29) is 0 Å². The van der Waals surface area contributed by atoms with E-state index >= 15 is 0 Å². The van der Waals surface area contributed by atoms with Gasteiger partial charge in [-0.2, -0.15) is 0 Å². The molecule has 0 radical (unpaired) electrons. The van der Waals surface area contributed by atoms with Gasteiger partial charge in [0.2, 0.25) is 0 Å². The van der Waals surface area contributed by atoms with Gasteiger partial charge in [0.25, 0.3) is 0 Å². The monoisotopic (exact) mass is 147 g/mol. The molecule has 1 aromatic carbocycles. The van der Waals surface area contributed by atoms with Gasteiger partial charge in [-0.1, -0.05) is 24.8 Å². The van der Waals surface area contributed by atoms with Crippen molar-refractivity contribution in [1.29, 1.82) is 0 Å². The molecule has 0 spiro atoms. The van der Waals surface area contributed by atoms with Crippen molar-refractivity contribution in [2.75, 3.05) is 5.32 Å². The van der Waals surface area contributed by atoms with Crippen LogP contribution >= 0.6 is 0 Å². The molecule has 0 atom stereocenters. The van der Waals surface area contributed by atoms with Gasteiger partial charge in [0.1, 0.15) is 0 Å². The fourth-order valence-electron chi connectivity index (χ4n) is 0.736. The van der Waals surface area contributed by atoms with Crippen LogP contribution in [-0.4, -0.2) is 6.29 Å². The van der Waals surface area contributed by atoms with E-state index in [1.807, 2.05) is 30.3 Å². The van der Waals surface area contributed by atoms with E-state index in [1.165, 1.54) is 0 Å². The Labute approximate surface area is 65.5 Å². The standard InChI is InChI=1S/C9H9NO/c1-8(7-11)10-9-5-3-2-4-6-9/h2-7,10H,1H2. The van der Waals surface area contributed by atoms with Crippen molar-refractivity contribution in [2.24, 2.45) is 0 Å². The number of anilines is 1. The first-order valence-electron chi connectivity index (χ1n) is 3.29. The fourth-order valence-corrected chi connectivity index (χ4v) is 0.736. The van der Waals surface area contributed by atoms with Gasteiger partial charge in [0, 0.05) is 5.69 Å². The lowest BCUT2D eigenvalue weighted by Crippen LogP contribution is -1.97. The van der Waals surface area contributed by atoms with Gasteiger partial charge in [-0.05, 0) is 12.1 Å². The van der Waals surface area contributed by atoms with Crippen LogP contribution in [-0.2, 0) is 4.79 Å². The number of carbonyl (C=O) groups is 1. The molecule has 0 heterocycles. The Balaban J connectivity index is 2.65. The van der Waals surface area contributed by atoms with Gasteiger partial charge in [-0.25, -0.2) is 0 Å². The second kappa shape index (κ2) is 3.56. The van der Waals surface area contributed by atoms with Crippen LogP contribution in [0.25, 0.3) is 0 Å². The molecular formula is C9H9NO. The Morgan fingerprint density at radius 1 is 1.36 bits per heavy atom. The predicted molar refractivity (Wildman–Crippen MR) is 45.3 cm³/mol. The molecule has 0 unspecified atom stereocenters. The average molecular weight is 147 g/mol. The lowest BCUT2D eigenvalue weighted by molar-refractivity contribution is -0.104. The summed E-state index contributed by atoms with van der Waals surface area (Å²) in [6.45, 7) is 3.49. The van der Waals surface area contributed by atoms with Crippen LogP contribution in [0.5, 0.6) is 0 Å². The summed E-state index contributed by atoms with van der Waals surface area (Å²) in [4.78, 5) is 10.1. The second-order valence-electron chi connectivity index (χ2n) is 2.13. The topological polar surface area (TPSA) is 29.1 Å². The summed E-state index contributed by atoms with van der Waals surface area (Å²) in [5, 5.41) is 2.83. The molecule has 56 valence electrons. The van der Waals surface area contributed by atoms with Gasteiger partial charge in [0.05, 0.1) is 5.70 Å². The average Bonchev–Trinajstić information content (AvgIpc) is 2.06. The van der Waals surface area contributed by atoms with Gasteiger partial charge >= 0.3 is 0 Å². The van der Waals surface area contributed by atoms with Crippen molar-refractivity contribution in [2.45, 2.75) is 0 Å². The number of aldehydes is 1. The third-order valence-corrected chi connectivity index (χ3v) is 1.22. The lowest BCUT2D eigenvalue weighted by Gasteiger charge is -2.01. The molecule has 0 saturated carbocycles. The van der Waals surface area contributed by atoms with Crippen molar-refractivity contribution < 1.29 is 4.79 Å². The number of nitrogens with one attached hydrogen (secondary N) is 1. The lowest BCUT2D eigenvalue weighted by atomic mass is 10.3. The van der Waals surface area contributed by atoms with Gasteiger partial charge in [-0.3, -0.25) is 4.79 Å². The number of allylic oxidation sites excluding steroid dienone is 1. The molecule has 11 heavy (non-hydrogen) atoms. The van der Waals surface area contributed by atoms with Crippen molar-refractivity contribution in [1.82, 2.24) is 0 Å². The number of carbonyl (C=O) groups excluding carboxylic acids is 1. The Bertz CT molecular complexity index is 254. The van der Waals surface area contributed by atoms with Gasteiger partial charge < -0.3 is 5.32 Å². The quantitative estimate of drug-likeness (QED) is 0.522. The summed E-state index contributed by atoms with van der Waals surface area (Å²) in [7, 11) is 0. The highest BCUT2D eigenvalue weighted by atomic mass is 16.1. The maximum Gasteiger partial charge on any atom is 0.165 e. The van der Waals surface area contributed by atoms with Gasteiger partial charge in [-0.15, -0.1) is 0 Å². The maximum atomic E-state index is 10.1. The van der Waals surface area contributed by atoms with Crippen LogP contribution in [0.15, 0.2) is 42.6 Å². The summed E-state index contributed by atoms with van der Waals surface area (Å²) in [5.41, 5.74) is 1.25. The molecular weight excluding hydrogens is 138 g/mol. The molecule has 2 nitrogen and oxygen atoms in total. The Morgan fingerprint density at radius 2 is 2.00 bits per heavy atom. The van der Waals surface area contributed by atoms with E-state index in [0.29, 0.717) is 12.0 Å². The molecule has 1 rings (SSSR count). The first kappa shape index (κ1) is 7.54. The third kappa shape index (κ3) is 2.26. The minimum absolute atomic E-state index is 0.371. The Hall–Kier alpha value is -1.57. The molecule has 0 aliphatic carbocycles. The van der Waals surface area contributed by atoms with Crippen molar-refractivity contribution in [3.8, 4) is 0 Å². The van der Waals surface area contributed by atoms with Crippen LogP contribution in [0.4, 0.5) is 5.69 Å². The number of hydrogen-bond donors (Lipinski definition) is 1.